The minimum atomic E-state index is -3.45. The van der Waals surface area contributed by atoms with Crippen molar-refractivity contribution in [3.8, 4) is 0 Å². The van der Waals surface area contributed by atoms with Gasteiger partial charge in [-0.2, -0.15) is 0 Å². The zero-order chi connectivity index (χ0) is 17.3. The maximum Gasteiger partial charge on any atom is 0.214 e. The lowest BCUT2D eigenvalue weighted by atomic mass is 10.1. The molecule has 1 atom stereocenters. The molecular weight excluding hydrogens is 358 g/mol. The number of hydrogen-bond acceptors (Lipinski definition) is 4. The second kappa shape index (κ2) is 7.09. The summed E-state index contributed by atoms with van der Waals surface area (Å²) in [6.45, 7) is 3.87. The highest BCUT2D eigenvalue weighted by molar-refractivity contribution is 7.92. The van der Waals surface area contributed by atoms with E-state index in [-0.39, 0.29) is 36.9 Å². The first-order valence-corrected chi connectivity index (χ1v) is 11.3. The van der Waals surface area contributed by atoms with Crippen LogP contribution in [0.5, 0.6) is 0 Å². The molecule has 0 bridgehead atoms. The van der Waals surface area contributed by atoms with Crippen molar-refractivity contribution < 1.29 is 16.8 Å². The van der Waals surface area contributed by atoms with Crippen LogP contribution in [-0.2, 0) is 19.9 Å². The van der Waals surface area contributed by atoms with Gasteiger partial charge in [0.15, 0.2) is 9.84 Å². The molecule has 2 rings (SSSR count). The van der Waals surface area contributed by atoms with Gasteiger partial charge >= 0.3 is 0 Å². The number of benzene rings is 1. The smallest absolute Gasteiger partial charge is 0.214 e. The highest BCUT2D eigenvalue weighted by Gasteiger charge is 2.35. The molecule has 0 aromatic heterocycles. The predicted octanol–water partition coefficient (Wildman–Crippen LogP) is 2.49. The Morgan fingerprint density at radius 1 is 1.26 bits per heavy atom. The van der Waals surface area contributed by atoms with Crippen LogP contribution in [0.4, 0.5) is 0 Å². The first-order chi connectivity index (χ1) is 10.6. The van der Waals surface area contributed by atoms with Gasteiger partial charge in [0.1, 0.15) is 0 Å². The van der Waals surface area contributed by atoms with E-state index in [4.69, 9.17) is 11.6 Å². The third-order valence-electron chi connectivity index (χ3n) is 3.89. The van der Waals surface area contributed by atoms with Gasteiger partial charge in [-0.25, -0.2) is 21.1 Å². The second-order valence-corrected chi connectivity index (χ2v) is 11.0. The summed E-state index contributed by atoms with van der Waals surface area (Å²) in [7, 11) is -6.88. The molecule has 1 aromatic rings. The summed E-state index contributed by atoms with van der Waals surface area (Å²) in [5.41, 5.74) is 0.553. The van der Waals surface area contributed by atoms with Crippen molar-refractivity contribution in [2.24, 2.45) is 5.92 Å². The number of sulfonamides is 1. The van der Waals surface area contributed by atoms with E-state index in [0.717, 1.165) is 0 Å². The Bertz CT molecular complexity index is 759. The summed E-state index contributed by atoms with van der Waals surface area (Å²) in [6, 6.07) is 6.84. The van der Waals surface area contributed by atoms with E-state index in [1.807, 2.05) is 13.8 Å². The maximum absolute atomic E-state index is 12.6. The standard InChI is InChI=1S/C15H22ClNO4S2/c1-12(2)11-23(20,21)17-8-7-15(22(18,19)10-9-17)13-5-3-4-6-14(13)16/h3-6,12,15H,7-11H2,1-2H3. The average molecular weight is 380 g/mol. The van der Waals surface area contributed by atoms with E-state index in [9.17, 15) is 16.8 Å². The van der Waals surface area contributed by atoms with Crippen LogP contribution in [0, 0.1) is 5.92 Å². The van der Waals surface area contributed by atoms with Crippen LogP contribution < -0.4 is 0 Å². The van der Waals surface area contributed by atoms with Crippen molar-refractivity contribution in [1.29, 1.82) is 0 Å². The number of halogens is 1. The molecule has 5 nitrogen and oxygen atoms in total. The third kappa shape index (κ3) is 4.47. The minimum absolute atomic E-state index is 0.000718. The zero-order valence-corrected chi connectivity index (χ0v) is 15.7. The van der Waals surface area contributed by atoms with Crippen LogP contribution >= 0.6 is 11.6 Å². The molecule has 8 heteroatoms. The van der Waals surface area contributed by atoms with Crippen molar-refractivity contribution in [3.05, 3.63) is 34.9 Å². The van der Waals surface area contributed by atoms with Crippen molar-refractivity contribution in [1.82, 2.24) is 4.31 Å². The van der Waals surface area contributed by atoms with Gasteiger partial charge in [-0.05, 0) is 24.0 Å². The number of sulfone groups is 1. The molecule has 0 N–H and O–H groups in total. The van der Waals surface area contributed by atoms with Crippen LogP contribution in [0.2, 0.25) is 5.02 Å². The molecule has 0 saturated carbocycles. The lowest BCUT2D eigenvalue weighted by Gasteiger charge is -2.20. The summed E-state index contributed by atoms with van der Waals surface area (Å²) in [6.07, 6.45) is 0.226. The largest absolute Gasteiger partial charge is 0.228 e. The number of hydrogen-bond donors (Lipinski definition) is 0. The fourth-order valence-corrected chi connectivity index (χ4v) is 6.88. The predicted molar refractivity (Wildman–Crippen MR) is 92.8 cm³/mol. The Labute approximate surface area is 143 Å². The molecule has 0 amide bonds. The molecule has 1 aromatic carbocycles. The fraction of sp³-hybridized carbons (Fsp3) is 0.600. The fourth-order valence-electron chi connectivity index (χ4n) is 2.81. The molecule has 0 radical (unpaired) electrons. The van der Waals surface area contributed by atoms with E-state index in [0.29, 0.717) is 10.6 Å². The van der Waals surface area contributed by atoms with E-state index >= 15 is 0 Å². The highest BCUT2D eigenvalue weighted by atomic mass is 35.5. The summed E-state index contributed by atoms with van der Waals surface area (Å²) in [5, 5.41) is -0.352. The minimum Gasteiger partial charge on any atom is -0.228 e. The molecule has 1 unspecified atom stereocenters. The van der Waals surface area contributed by atoms with Crippen molar-refractivity contribution in [3.63, 3.8) is 0 Å². The molecule has 0 spiro atoms. The molecule has 1 saturated heterocycles. The van der Waals surface area contributed by atoms with Gasteiger partial charge in [0, 0.05) is 18.1 Å². The highest BCUT2D eigenvalue weighted by Crippen LogP contribution is 2.34. The van der Waals surface area contributed by atoms with Gasteiger partial charge in [0.25, 0.3) is 0 Å². The molecule has 1 aliphatic rings. The lowest BCUT2D eigenvalue weighted by molar-refractivity contribution is 0.423. The summed E-state index contributed by atoms with van der Waals surface area (Å²) in [4.78, 5) is 0. The second-order valence-electron chi connectivity index (χ2n) is 6.24. The Kier molecular flexibility index (Phi) is 5.76. The number of rotatable bonds is 4. The maximum atomic E-state index is 12.6. The van der Waals surface area contributed by atoms with E-state index in [2.05, 4.69) is 0 Å². The Hall–Kier alpha value is -0.630. The average Bonchev–Trinajstić information content (AvgIpc) is 2.57. The van der Waals surface area contributed by atoms with E-state index < -0.39 is 25.1 Å². The summed E-state index contributed by atoms with van der Waals surface area (Å²) in [5.74, 6) is -0.150. The lowest BCUT2D eigenvalue weighted by Crippen LogP contribution is -2.36. The quantitative estimate of drug-likeness (QED) is 0.805. The first-order valence-electron chi connectivity index (χ1n) is 7.57. The first kappa shape index (κ1) is 18.7. The summed E-state index contributed by atoms with van der Waals surface area (Å²) >= 11 is 6.14. The van der Waals surface area contributed by atoms with Gasteiger partial charge in [-0.15, -0.1) is 0 Å². The van der Waals surface area contributed by atoms with Crippen molar-refractivity contribution >= 4 is 31.5 Å². The van der Waals surface area contributed by atoms with Gasteiger partial charge in [-0.1, -0.05) is 43.6 Å². The molecule has 23 heavy (non-hydrogen) atoms. The normalized spacial score (nSPS) is 22.9. The van der Waals surface area contributed by atoms with Crippen LogP contribution in [0.25, 0.3) is 0 Å². The topological polar surface area (TPSA) is 71.5 Å². The monoisotopic (exact) mass is 379 g/mol. The molecule has 1 heterocycles. The van der Waals surface area contributed by atoms with E-state index in [1.165, 1.54) is 4.31 Å². The number of nitrogens with zero attached hydrogens (tertiary/aromatic N) is 1. The zero-order valence-electron chi connectivity index (χ0n) is 13.3. The molecule has 0 aliphatic carbocycles. The van der Waals surface area contributed by atoms with Crippen LogP contribution in [0.3, 0.4) is 0 Å². The summed E-state index contributed by atoms with van der Waals surface area (Å²) < 4.78 is 51.2. The van der Waals surface area contributed by atoms with Gasteiger partial charge in [0.05, 0.1) is 16.8 Å². The molecule has 1 fully saturated rings. The third-order valence-corrected chi connectivity index (χ3v) is 8.58. The van der Waals surface area contributed by atoms with Crippen LogP contribution in [0.1, 0.15) is 31.1 Å². The molecular formula is C15H22ClNO4S2. The van der Waals surface area contributed by atoms with Crippen molar-refractivity contribution in [2.45, 2.75) is 25.5 Å². The van der Waals surface area contributed by atoms with Gasteiger partial charge in [-0.3, -0.25) is 0 Å². The van der Waals surface area contributed by atoms with Crippen molar-refractivity contribution in [2.75, 3.05) is 24.6 Å². The van der Waals surface area contributed by atoms with Crippen LogP contribution in [-0.4, -0.2) is 45.7 Å². The SMILES string of the molecule is CC(C)CS(=O)(=O)N1CCC(c2ccccc2Cl)S(=O)(=O)CC1. The van der Waals surface area contributed by atoms with Gasteiger partial charge in [0.2, 0.25) is 10.0 Å². The Morgan fingerprint density at radius 3 is 2.52 bits per heavy atom. The Balaban J connectivity index is 2.29. The molecule has 1 aliphatic heterocycles. The molecule has 130 valence electrons. The van der Waals surface area contributed by atoms with Gasteiger partial charge < -0.3 is 0 Å². The van der Waals surface area contributed by atoms with E-state index in [1.54, 1.807) is 24.3 Å². The van der Waals surface area contributed by atoms with Crippen LogP contribution in [0.15, 0.2) is 24.3 Å². The Morgan fingerprint density at radius 2 is 1.91 bits per heavy atom.